The SMILES string of the molecule is C=CCOC(=O)C1(C)CCCCC1C(=O)O. The fraction of sp³-hybridized carbons (Fsp3) is 0.667. The summed E-state index contributed by atoms with van der Waals surface area (Å²) in [5, 5.41) is 9.12. The average Bonchev–Trinajstić information content (AvgIpc) is 2.25. The molecule has 0 spiro atoms. The molecule has 1 aliphatic carbocycles. The smallest absolute Gasteiger partial charge is 0.312 e. The Balaban J connectivity index is 2.80. The van der Waals surface area contributed by atoms with Crippen LogP contribution in [0.4, 0.5) is 0 Å². The molecule has 1 N–H and O–H groups in total. The van der Waals surface area contributed by atoms with E-state index < -0.39 is 23.3 Å². The van der Waals surface area contributed by atoms with Crippen LogP contribution >= 0.6 is 0 Å². The Morgan fingerprint density at radius 2 is 2.25 bits per heavy atom. The molecule has 1 fully saturated rings. The van der Waals surface area contributed by atoms with Gasteiger partial charge in [0.2, 0.25) is 0 Å². The Bertz CT molecular complexity index is 297. The number of hydrogen-bond donors (Lipinski definition) is 1. The van der Waals surface area contributed by atoms with Crippen molar-refractivity contribution in [3.8, 4) is 0 Å². The third-order valence-electron chi connectivity index (χ3n) is 3.30. The highest BCUT2D eigenvalue weighted by atomic mass is 16.5. The van der Waals surface area contributed by atoms with Gasteiger partial charge in [-0.3, -0.25) is 9.59 Å². The van der Waals surface area contributed by atoms with Crippen molar-refractivity contribution >= 4 is 11.9 Å². The van der Waals surface area contributed by atoms with Crippen LogP contribution in [0.25, 0.3) is 0 Å². The van der Waals surface area contributed by atoms with Gasteiger partial charge in [-0.05, 0) is 19.8 Å². The summed E-state index contributed by atoms with van der Waals surface area (Å²) < 4.78 is 4.99. The predicted octanol–water partition coefficient (Wildman–Crippen LogP) is 2.00. The van der Waals surface area contributed by atoms with E-state index in [2.05, 4.69) is 6.58 Å². The zero-order valence-electron chi connectivity index (χ0n) is 9.57. The molecule has 1 saturated carbocycles. The highest BCUT2D eigenvalue weighted by molar-refractivity contribution is 5.84. The minimum atomic E-state index is -0.905. The van der Waals surface area contributed by atoms with Crippen LogP contribution in [0.15, 0.2) is 12.7 Å². The van der Waals surface area contributed by atoms with Crippen LogP contribution in [0.3, 0.4) is 0 Å². The summed E-state index contributed by atoms with van der Waals surface area (Å²) in [7, 11) is 0. The molecule has 2 atom stereocenters. The van der Waals surface area contributed by atoms with Crippen LogP contribution in [0.2, 0.25) is 0 Å². The maximum absolute atomic E-state index is 11.9. The monoisotopic (exact) mass is 226 g/mol. The lowest BCUT2D eigenvalue weighted by Gasteiger charge is -2.36. The van der Waals surface area contributed by atoms with Gasteiger partial charge < -0.3 is 9.84 Å². The molecule has 0 aromatic carbocycles. The number of aliphatic carboxylic acids is 1. The van der Waals surface area contributed by atoms with E-state index in [1.807, 2.05) is 0 Å². The van der Waals surface area contributed by atoms with Crippen molar-refractivity contribution in [1.29, 1.82) is 0 Å². The molecule has 90 valence electrons. The molecule has 0 amide bonds. The summed E-state index contributed by atoms with van der Waals surface area (Å²) in [6.45, 7) is 5.29. The van der Waals surface area contributed by atoms with Gasteiger partial charge >= 0.3 is 11.9 Å². The van der Waals surface area contributed by atoms with Crippen molar-refractivity contribution in [3.05, 3.63) is 12.7 Å². The van der Waals surface area contributed by atoms with Gasteiger partial charge in [0.15, 0.2) is 0 Å². The molecule has 0 aromatic heterocycles. The number of ether oxygens (including phenoxy) is 1. The summed E-state index contributed by atoms with van der Waals surface area (Å²) in [6, 6.07) is 0. The van der Waals surface area contributed by atoms with Crippen molar-refractivity contribution in [2.45, 2.75) is 32.6 Å². The van der Waals surface area contributed by atoms with E-state index in [1.54, 1.807) is 6.92 Å². The first-order valence-corrected chi connectivity index (χ1v) is 5.53. The molecule has 1 aliphatic rings. The normalized spacial score (nSPS) is 29.4. The molecule has 0 bridgehead atoms. The van der Waals surface area contributed by atoms with Crippen LogP contribution in [-0.4, -0.2) is 23.7 Å². The molecule has 2 unspecified atom stereocenters. The minimum absolute atomic E-state index is 0.140. The first-order valence-electron chi connectivity index (χ1n) is 5.53. The van der Waals surface area contributed by atoms with E-state index >= 15 is 0 Å². The third-order valence-corrected chi connectivity index (χ3v) is 3.30. The van der Waals surface area contributed by atoms with Crippen molar-refractivity contribution in [2.24, 2.45) is 11.3 Å². The van der Waals surface area contributed by atoms with Crippen molar-refractivity contribution in [2.75, 3.05) is 6.61 Å². The van der Waals surface area contributed by atoms with E-state index in [-0.39, 0.29) is 6.61 Å². The second-order valence-corrected chi connectivity index (χ2v) is 4.44. The molecule has 0 aliphatic heterocycles. The average molecular weight is 226 g/mol. The molecule has 4 nitrogen and oxygen atoms in total. The van der Waals surface area contributed by atoms with Crippen LogP contribution < -0.4 is 0 Å². The van der Waals surface area contributed by atoms with Crippen molar-refractivity contribution < 1.29 is 19.4 Å². The van der Waals surface area contributed by atoms with Gasteiger partial charge in [-0.2, -0.15) is 0 Å². The fourth-order valence-corrected chi connectivity index (χ4v) is 2.27. The van der Waals surface area contributed by atoms with E-state index in [1.165, 1.54) is 6.08 Å². The van der Waals surface area contributed by atoms with Crippen molar-refractivity contribution in [1.82, 2.24) is 0 Å². The number of carbonyl (C=O) groups excluding carboxylic acids is 1. The Kier molecular flexibility index (Phi) is 4.10. The first-order chi connectivity index (χ1) is 7.52. The van der Waals surface area contributed by atoms with E-state index in [9.17, 15) is 9.59 Å². The fourth-order valence-electron chi connectivity index (χ4n) is 2.27. The van der Waals surface area contributed by atoms with Crippen LogP contribution in [0.1, 0.15) is 32.6 Å². The standard InChI is InChI=1S/C12H18O4/c1-3-8-16-11(15)12(2)7-5-4-6-9(12)10(13)14/h3,9H,1,4-8H2,2H3,(H,13,14). The molecular weight excluding hydrogens is 208 g/mol. The van der Waals surface area contributed by atoms with Crippen molar-refractivity contribution in [3.63, 3.8) is 0 Å². The molecule has 0 heterocycles. The molecule has 1 rings (SSSR count). The summed E-state index contributed by atoms with van der Waals surface area (Å²) in [5.74, 6) is -1.95. The largest absolute Gasteiger partial charge is 0.481 e. The second kappa shape index (κ2) is 5.14. The number of rotatable bonds is 4. The van der Waals surface area contributed by atoms with Crippen LogP contribution in [0.5, 0.6) is 0 Å². The van der Waals surface area contributed by atoms with Gasteiger partial charge in [-0.25, -0.2) is 0 Å². The summed E-state index contributed by atoms with van der Waals surface area (Å²) in [4.78, 5) is 23.0. The maximum Gasteiger partial charge on any atom is 0.312 e. The molecule has 16 heavy (non-hydrogen) atoms. The molecular formula is C12H18O4. The summed E-state index contributed by atoms with van der Waals surface area (Å²) in [5.41, 5.74) is -0.882. The molecule has 0 radical (unpaired) electrons. The Morgan fingerprint density at radius 3 is 2.81 bits per heavy atom. The molecule has 0 saturated heterocycles. The Morgan fingerprint density at radius 1 is 1.56 bits per heavy atom. The summed E-state index contributed by atoms with van der Waals surface area (Å²) in [6.07, 6.45) is 4.36. The minimum Gasteiger partial charge on any atom is -0.481 e. The zero-order valence-corrected chi connectivity index (χ0v) is 9.57. The van der Waals surface area contributed by atoms with E-state index in [4.69, 9.17) is 9.84 Å². The van der Waals surface area contributed by atoms with Gasteiger partial charge in [0, 0.05) is 0 Å². The highest BCUT2D eigenvalue weighted by Crippen LogP contribution is 2.42. The summed E-state index contributed by atoms with van der Waals surface area (Å²) >= 11 is 0. The van der Waals surface area contributed by atoms with Gasteiger partial charge in [0.1, 0.15) is 6.61 Å². The van der Waals surface area contributed by atoms with Gasteiger partial charge in [0.25, 0.3) is 0 Å². The van der Waals surface area contributed by atoms with Gasteiger partial charge in [-0.1, -0.05) is 25.5 Å². The molecule has 4 heteroatoms. The Labute approximate surface area is 95.3 Å². The number of hydrogen-bond acceptors (Lipinski definition) is 3. The van der Waals surface area contributed by atoms with E-state index in [0.717, 1.165) is 12.8 Å². The Hall–Kier alpha value is -1.32. The topological polar surface area (TPSA) is 63.6 Å². The van der Waals surface area contributed by atoms with Gasteiger partial charge in [-0.15, -0.1) is 0 Å². The predicted molar refractivity (Wildman–Crippen MR) is 58.9 cm³/mol. The quantitative estimate of drug-likeness (QED) is 0.588. The lowest BCUT2D eigenvalue weighted by atomic mass is 9.67. The van der Waals surface area contributed by atoms with Crippen LogP contribution in [-0.2, 0) is 14.3 Å². The number of carbonyl (C=O) groups is 2. The first kappa shape index (κ1) is 12.7. The maximum atomic E-state index is 11.9. The van der Waals surface area contributed by atoms with E-state index in [0.29, 0.717) is 12.8 Å². The second-order valence-electron chi connectivity index (χ2n) is 4.44. The third kappa shape index (κ3) is 2.43. The lowest BCUT2D eigenvalue weighted by Crippen LogP contribution is -2.43. The number of esters is 1. The highest BCUT2D eigenvalue weighted by Gasteiger charge is 2.47. The number of carboxylic acids is 1. The number of carboxylic acid groups (broad SMARTS) is 1. The van der Waals surface area contributed by atoms with Crippen LogP contribution in [0, 0.1) is 11.3 Å². The van der Waals surface area contributed by atoms with Gasteiger partial charge in [0.05, 0.1) is 11.3 Å². The zero-order chi connectivity index (χ0) is 12.2. The molecule has 0 aromatic rings. The lowest BCUT2D eigenvalue weighted by molar-refractivity contribution is -0.168.